The number of nitriles is 4. The van der Waals surface area contributed by atoms with E-state index in [-0.39, 0.29) is 11.2 Å². The van der Waals surface area contributed by atoms with Gasteiger partial charge in [0.05, 0.1) is 30.2 Å². The maximum Gasteiger partial charge on any atom is 0.182 e. The van der Waals surface area contributed by atoms with Gasteiger partial charge in [0.15, 0.2) is 17.1 Å². The maximum atomic E-state index is 13.3. The van der Waals surface area contributed by atoms with Gasteiger partial charge in [-0.05, 0) is 97.4 Å². The van der Waals surface area contributed by atoms with Gasteiger partial charge in [-0.3, -0.25) is 4.79 Å². The first kappa shape index (κ1) is 28.4. The Labute approximate surface area is 229 Å². The average molecular weight is 513 g/mol. The molecule has 0 N–H and O–H groups in total. The molecule has 0 aromatic rings. The summed E-state index contributed by atoms with van der Waals surface area (Å²) in [7, 11) is 0. The zero-order valence-electron chi connectivity index (χ0n) is 24.0. The van der Waals surface area contributed by atoms with E-state index in [0.29, 0.717) is 29.6 Å². The summed E-state index contributed by atoms with van der Waals surface area (Å²) in [5, 5.41) is 39.4. The number of ketones is 1. The third-order valence-corrected chi connectivity index (χ3v) is 11.9. The number of nitrogens with zero attached hydrogens (tertiary/aromatic N) is 4. The number of allylic oxidation sites excluding steroid dienone is 1. The standard InChI is InChI=1S/C33H44N4O/c1-21(2)7-6-8-22(3)26-11-12-27-25-10-9-23-15-30(38)29(33(19-36,20-37)24(17-34)18-35)16-32(23,5)28(25)13-14-31(26,27)4/h15,21-22,24-29H,6-14,16H2,1-5H3/t22-,25-,26+,27-,28-,29+,31+,32+/m1/s1. The van der Waals surface area contributed by atoms with E-state index in [1.54, 1.807) is 6.08 Å². The van der Waals surface area contributed by atoms with E-state index in [4.69, 9.17) is 0 Å². The van der Waals surface area contributed by atoms with Gasteiger partial charge in [0, 0.05) is 0 Å². The predicted molar refractivity (Wildman–Crippen MR) is 145 cm³/mol. The molecule has 0 aromatic heterocycles. The fraction of sp³-hybridized carbons (Fsp3) is 0.788. The van der Waals surface area contributed by atoms with Crippen LogP contribution >= 0.6 is 0 Å². The Morgan fingerprint density at radius 1 is 0.974 bits per heavy atom. The van der Waals surface area contributed by atoms with Crippen molar-refractivity contribution in [1.29, 1.82) is 21.0 Å². The Morgan fingerprint density at radius 2 is 1.66 bits per heavy atom. The minimum absolute atomic E-state index is 0.258. The van der Waals surface area contributed by atoms with Crippen molar-refractivity contribution < 1.29 is 4.79 Å². The molecule has 0 unspecified atom stereocenters. The fourth-order valence-electron chi connectivity index (χ4n) is 9.80. The molecule has 0 aromatic carbocycles. The highest BCUT2D eigenvalue weighted by molar-refractivity contribution is 5.95. The second kappa shape index (κ2) is 10.5. The lowest BCUT2D eigenvalue weighted by Gasteiger charge is -2.59. The van der Waals surface area contributed by atoms with Crippen molar-refractivity contribution in [2.45, 2.75) is 98.8 Å². The van der Waals surface area contributed by atoms with Gasteiger partial charge < -0.3 is 0 Å². The van der Waals surface area contributed by atoms with Crippen LogP contribution in [0.5, 0.6) is 0 Å². The predicted octanol–water partition coefficient (Wildman–Crippen LogP) is 7.52. The lowest BCUT2D eigenvalue weighted by molar-refractivity contribution is -0.126. The van der Waals surface area contributed by atoms with E-state index in [1.165, 1.54) is 38.5 Å². The minimum Gasteiger partial charge on any atom is -0.294 e. The lowest BCUT2D eigenvalue weighted by Crippen LogP contribution is -2.54. The molecule has 0 heterocycles. The van der Waals surface area contributed by atoms with Crippen LogP contribution in [0.1, 0.15) is 98.8 Å². The van der Waals surface area contributed by atoms with Crippen LogP contribution in [0.2, 0.25) is 0 Å². The number of rotatable bonds is 7. The molecule has 202 valence electrons. The van der Waals surface area contributed by atoms with Crippen LogP contribution in [-0.2, 0) is 4.79 Å². The molecule has 0 bridgehead atoms. The Kier molecular flexibility index (Phi) is 7.84. The molecule has 8 atom stereocenters. The van der Waals surface area contributed by atoms with Crippen LogP contribution in [0.15, 0.2) is 11.6 Å². The molecule has 3 fully saturated rings. The van der Waals surface area contributed by atoms with Crippen LogP contribution in [0, 0.1) is 109 Å². The molecule has 5 heteroatoms. The van der Waals surface area contributed by atoms with Crippen molar-refractivity contribution in [3.8, 4) is 24.3 Å². The number of fused-ring (bicyclic) bond motifs is 5. The van der Waals surface area contributed by atoms with E-state index in [1.807, 2.05) is 24.3 Å². The van der Waals surface area contributed by atoms with E-state index < -0.39 is 17.3 Å². The van der Waals surface area contributed by atoms with Gasteiger partial charge in [-0.25, -0.2) is 0 Å². The smallest absolute Gasteiger partial charge is 0.182 e. The largest absolute Gasteiger partial charge is 0.294 e. The van der Waals surface area contributed by atoms with Gasteiger partial charge in [-0.2, -0.15) is 21.0 Å². The number of carbonyl (C=O) groups excluding carboxylic acids is 1. The van der Waals surface area contributed by atoms with Crippen molar-refractivity contribution in [2.24, 2.45) is 63.6 Å². The van der Waals surface area contributed by atoms with Crippen LogP contribution in [-0.4, -0.2) is 5.78 Å². The summed E-state index contributed by atoms with van der Waals surface area (Å²) >= 11 is 0. The SMILES string of the molecule is CC(C)CCC[C@@H](C)[C@@H]1CC[C@@H]2[C@H]3CCC4=CC(=O)[C@@H](C(C#N)(C#N)C(C#N)C#N)C[C@]4(C)[C@@H]3CC[C@]21C. The molecule has 4 aliphatic carbocycles. The molecule has 3 saturated carbocycles. The van der Waals surface area contributed by atoms with Gasteiger partial charge in [0.25, 0.3) is 0 Å². The third-order valence-electron chi connectivity index (χ3n) is 11.9. The fourth-order valence-corrected chi connectivity index (χ4v) is 9.80. The normalized spacial score (nSPS) is 37.1. The Morgan fingerprint density at radius 3 is 2.26 bits per heavy atom. The average Bonchev–Trinajstić information content (AvgIpc) is 3.24. The molecule has 0 saturated heterocycles. The Balaban J connectivity index is 1.61. The van der Waals surface area contributed by atoms with E-state index in [9.17, 15) is 25.8 Å². The number of carbonyl (C=O) groups is 1. The van der Waals surface area contributed by atoms with Crippen molar-refractivity contribution in [1.82, 2.24) is 0 Å². The van der Waals surface area contributed by atoms with Crippen molar-refractivity contribution in [3.63, 3.8) is 0 Å². The van der Waals surface area contributed by atoms with Crippen LogP contribution in [0.25, 0.3) is 0 Å². The molecule has 0 aliphatic heterocycles. The zero-order chi connectivity index (χ0) is 27.9. The molecular formula is C33H44N4O. The quantitative estimate of drug-likeness (QED) is 0.350. The zero-order valence-corrected chi connectivity index (χ0v) is 24.0. The van der Waals surface area contributed by atoms with Crippen molar-refractivity contribution >= 4 is 5.78 Å². The molecule has 0 spiro atoms. The third kappa shape index (κ3) is 4.28. The molecule has 4 aliphatic rings. The van der Waals surface area contributed by atoms with Gasteiger partial charge in [-0.15, -0.1) is 0 Å². The molecule has 4 rings (SSSR count). The number of hydrogen-bond donors (Lipinski definition) is 0. The van der Waals surface area contributed by atoms with E-state index in [0.717, 1.165) is 42.6 Å². The van der Waals surface area contributed by atoms with Gasteiger partial charge in [-0.1, -0.05) is 59.5 Å². The van der Waals surface area contributed by atoms with Gasteiger partial charge in [0.1, 0.15) is 0 Å². The lowest BCUT2D eigenvalue weighted by atomic mass is 9.44. The summed E-state index contributed by atoms with van der Waals surface area (Å²) in [5.41, 5.74) is -0.699. The highest BCUT2D eigenvalue weighted by Gasteiger charge is 2.62. The summed E-state index contributed by atoms with van der Waals surface area (Å²) < 4.78 is 0. The first-order valence-corrected chi connectivity index (χ1v) is 14.9. The molecule has 38 heavy (non-hydrogen) atoms. The Bertz CT molecular complexity index is 1110. The molecule has 0 amide bonds. The minimum atomic E-state index is -1.94. The van der Waals surface area contributed by atoms with E-state index >= 15 is 0 Å². The highest BCUT2D eigenvalue weighted by atomic mass is 16.1. The van der Waals surface area contributed by atoms with Crippen molar-refractivity contribution in [2.75, 3.05) is 0 Å². The second-order valence-corrected chi connectivity index (χ2v) is 14.0. The molecule has 5 nitrogen and oxygen atoms in total. The van der Waals surface area contributed by atoms with Crippen LogP contribution in [0.3, 0.4) is 0 Å². The summed E-state index contributed by atoms with van der Waals surface area (Å²) in [6.45, 7) is 11.9. The molecule has 0 radical (unpaired) electrons. The summed E-state index contributed by atoms with van der Waals surface area (Å²) in [5.74, 6) is 1.28. The van der Waals surface area contributed by atoms with Gasteiger partial charge >= 0.3 is 0 Å². The van der Waals surface area contributed by atoms with Crippen LogP contribution in [0.4, 0.5) is 0 Å². The summed E-state index contributed by atoms with van der Waals surface area (Å²) in [4.78, 5) is 13.3. The first-order chi connectivity index (χ1) is 18.0. The summed E-state index contributed by atoms with van der Waals surface area (Å²) in [6.07, 6.45) is 12.9. The second-order valence-electron chi connectivity index (χ2n) is 14.0. The Hall–Kier alpha value is -2.63. The monoisotopic (exact) mass is 512 g/mol. The molecular weight excluding hydrogens is 468 g/mol. The maximum absolute atomic E-state index is 13.3. The highest BCUT2D eigenvalue weighted by Crippen LogP contribution is 2.68. The van der Waals surface area contributed by atoms with Crippen LogP contribution < -0.4 is 0 Å². The summed E-state index contributed by atoms with van der Waals surface area (Å²) in [6, 6.07) is 7.65. The topological polar surface area (TPSA) is 112 Å². The van der Waals surface area contributed by atoms with Gasteiger partial charge in [0.2, 0.25) is 0 Å². The van der Waals surface area contributed by atoms with E-state index in [2.05, 4.69) is 34.6 Å². The first-order valence-electron chi connectivity index (χ1n) is 14.9. The number of hydrogen-bond acceptors (Lipinski definition) is 5. The van der Waals surface area contributed by atoms with Crippen molar-refractivity contribution in [3.05, 3.63) is 11.6 Å².